The minimum Gasteiger partial charge on any atom is -0.870 e. The van der Waals surface area contributed by atoms with Gasteiger partial charge in [-0.15, -0.1) is 0 Å². The lowest BCUT2D eigenvalue weighted by molar-refractivity contribution is 0.823. The van der Waals surface area contributed by atoms with Crippen LogP contribution in [0.2, 0.25) is 0 Å². The Morgan fingerprint density at radius 3 is 0.500 bits per heavy atom. The van der Waals surface area contributed by atoms with E-state index in [1.165, 1.54) is 0 Å². The number of hydrogen-bond acceptors (Lipinski definition) is 1. The molecule has 0 aromatic heterocycles. The van der Waals surface area contributed by atoms with Gasteiger partial charge in [0.25, 0.3) is 0 Å². The van der Waals surface area contributed by atoms with Gasteiger partial charge in [0.1, 0.15) is 0 Å². The quantitative estimate of drug-likeness (QED) is 0.304. The molecule has 0 rings (SSSR count). The minimum absolute atomic E-state index is 0. The Labute approximate surface area is 23.3 Å². The lowest BCUT2D eigenvalue weighted by atomic mass is 16.0. The highest BCUT2D eigenvalue weighted by molar-refractivity contribution is 0.827. The zero-order chi connectivity index (χ0) is 0. The van der Waals surface area contributed by atoms with Crippen molar-refractivity contribution in [2.24, 2.45) is 0 Å². The summed E-state index contributed by atoms with van der Waals surface area (Å²) in [6, 6.07) is 0. The van der Waals surface area contributed by atoms with E-state index in [2.05, 4.69) is 0 Å². The van der Waals surface area contributed by atoms with Crippen LogP contribution in [-0.4, -0.2) is 21.9 Å². The number of hydrogen-bond donors (Lipinski definition) is 0. The molecular formula is H7O4-. The van der Waals surface area contributed by atoms with Gasteiger partial charge in [0.15, 0.2) is 0 Å². The average molecular weight is 71.1 g/mol. The van der Waals surface area contributed by atoms with Crippen molar-refractivity contribution in [3.8, 4) is 0 Å². The van der Waals surface area contributed by atoms with E-state index in [1.807, 2.05) is 0 Å². The molecule has 4 heteroatoms. The third-order valence-electron chi connectivity index (χ3n) is 0. The number of rotatable bonds is 0. The first-order valence-corrected chi connectivity index (χ1v) is 0. The molecule has 0 aliphatic carbocycles. The lowest BCUT2D eigenvalue weighted by Crippen LogP contribution is -0.290. The van der Waals surface area contributed by atoms with Crippen molar-refractivity contribution in [3.63, 3.8) is 0 Å². The van der Waals surface area contributed by atoms with E-state index in [1.54, 1.807) is 0 Å². The van der Waals surface area contributed by atoms with Crippen LogP contribution in [0, 0.1) is 0 Å². The maximum Gasteiger partial charge on any atom is -0.412 e. The second kappa shape index (κ2) is 376. The SMILES string of the molecule is O.O.O.[OH-]. The molecule has 0 unspecified atom stereocenters. The summed E-state index contributed by atoms with van der Waals surface area (Å²) >= 11 is 0. The Balaban J connectivity index is 0. The van der Waals surface area contributed by atoms with Gasteiger partial charge in [-0.25, -0.2) is 0 Å². The fourth-order valence-corrected chi connectivity index (χ4v) is 0. The first-order chi connectivity index (χ1) is 0. The van der Waals surface area contributed by atoms with E-state index >= 15 is 0 Å². The van der Waals surface area contributed by atoms with Crippen LogP contribution in [0.15, 0.2) is 0 Å². The van der Waals surface area contributed by atoms with Gasteiger partial charge in [-0.3, -0.25) is 0 Å². The van der Waals surface area contributed by atoms with Crippen LogP contribution in [0.1, 0.15) is 0 Å². The van der Waals surface area contributed by atoms with Crippen LogP contribution in [0.25, 0.3) is 0 Å². The average Bonchev–Trinajstić information content (AvgIpc) is 0. The zero-order valence-electron chi connectivity index (χ0n) is 1.95. The molecule has 0 spiro atoms. The Morgan fingerprint density at radius 2 is 0.500 bits per heavy atom. The molecule has 0 fully saturated rings. The van der Waals surface area contributed by atoms with Gasteiger partial charge in [-0.05, 0) is 0 Å². The van der Waals surface area contributed by atoms with E-state index < -0.39 is 0 Å². The summed E-state index contributed by atoms with van der Waals surface area (Å²) in [6.45, 7) is 0. The smallest absolute Gasteiger partial charge is 0.412 e. The van der Waals surface area contributed by atoms with Gasteiger partial charge in [0.05, 0.1) is 0 Å². The van der Waals surface area contributed by atoms with Gasteiger partial charge in [-0.1, -0.05) is 0 Å². The highest BCUT2D eigenvalue weighted by Crippen LogP contribution is -0.286. The van der Waals surface area contributed by atoms with Crippen LogP contribution < -0.4 is 0 Å². The van der Waals surface area contributed by atoms with Crippen molar-refractivity contribution in [2.45, 2.75) is 0 Å². The van der Waals surface area contributed by atoms with Gasteiger partial charge in [0, 0.05) is 0 Å². The van der Waals surface area contributed by atoms with Crippen molar-refractivity contribution in [1.29, 1.82) is 0 Å². The molecule has 0 bridgehead atoms. The highest BCUT2D eigenvalue weighted by Gasteiger charge is -0.410. The van der Waals surface area contributed by atoms with Crippen molar-refractivity contribution in [3.05, 3.63) is 0 Å². The minimum atomic E-state index is 0. The van der Waals surface area contributed by atoms with Crippen LogP contribution in [0.4, 0.5) is 0 Å². The predicted octanol–water partition coefficient (Wildman–Crippen LogP) is -2.65. The maximum absolute atomic E-state index is 0. The predicted molar refractivity (Wildman–Crippen MR) is 12.8 cm³/mol. The molecule has 0 heterocycles. The largest absolute Gasteiger partial charge is 0.870 e. The normalized spacial score (nSPS) is 0. The topological polar surface area (TPSA) is 124 Å². The van der Waals surface area contributed by atoms with E-state index in [0.29, 0.717) is 0 Å². The second-order valence-electron chi connectivity index (χ2n) is 0. The van der Waals surface area contributed by atoms with Crippen molar-refractivity contribution in [1.82, 2.24) is 0 Å². The van der Waals surface area contributed by atoms with Gasteiger partial charge in [-0.2, -0.15) is 0 Å². The molecule has 4 nitrogen and oxygen atoms in total. The molecule has 0 saturated heterocycles. The molecule has 0 aliphatic rings. The van der Waals surface area contributed by atoms with Crippen molar-refractivity contribution >= 4 is 0 Å². The third kappa shape index (κ3) is 50.7. The molecule has 0 saturated carbocycles. The van der Waals surface area contributed by atoms with Crippen molar-refractivity contribution < 1.29 is 21.9 Å². The van der Waals surface area contributed by atoms with E-state index in [9.17, 15) is 0 Å². The van der Waals surface area contributed by atoms with Crippen LogP contribution in [0.5, 0.6) is 0 Å². The molecule has 4 heavy (non-hydrogen) atoms. The Bertz CT molecular complexity index is 0. The molecule has 0 atom stereocenters. The van der Waals surface area contributed by atoms with E-state index in [-0.39, 0.29) is 21.9 Å². The molecule has 0 aromatic rings. The molecule has 0 aromatic carbocycles. The Kier molecular flexibility index (Phi) is 114000. The highest BCUT2D eigenvalue weighted by atomic mass is 16.0. The van der Waals surface area contributed by atoms with Crippen LogP contribution in [-0.2, 0) is 0 Å². The Morgan fingerprint density at radius 1 is 0.500 bits per heavy atom. The van der Waals surface area contributed by atoms with Crippen LogP contribution >= 0.6 is 0 Å². The van der Waals surface area contributed by atoms with Gasteiger partial charge < -0.3 is 21.9 Å². The second-order valence-corrected chi connectivity index (χ2v) is 0. The van der Waals surface area contributed by atoms with Gasteiger partial charge >= 0.3 is 0 Å². The first-order valence-electron chi connectivity index (χ1n) is 0. The Hall–Kier alpha value is -0.160. The van der Waals surface area contributed by atoms with E-state index in [0.717, 1.165) is 0 Å². The standard InChI is InChI=1S/4H2O/h4*1H2/p-1. The molecule has 7 N–H and O–H groups in total. The fraction of sp³-hybridized carbons (Fsp3) is 0. The molecule has 0 amide bonds. The monoisotopic (exact) mass is 71.0 g/mol. The maximum atomic E-state index is 0. The summed E-state index contributed by atoms with van der Waals surface area (Å²) in [6.07, 6.45) is 0. The third-order valence-corrected chi connectivity index (χ3v) is 0. The molecule has 0 aliphatic heterocycles. The van der Waals surface area contributed by atoms with E-state index in [4.69, 9.17) is 0 Å². The lowest BCUT2D eigenvalue weighted by Gasteiger charge is -0.870. The molecule has 0 radical (unpaired) electrons. The van der Waals surface area contributed by atoms with Gasteiger partial charge in [0.2, 0.25) is 0 Å². The summed E-state index contributed by atoms with van der Waals surface area (Å²) in [4.78, 5) is 0. The summed E-state index contributed by atoms with van der Waals surface area (Å²) in [5.41, 5.74) is 0. The molecule has 32 valence electrons. The summed E-state index contributed by atoms with van der Waals surface area (Å²) in [5.74, 6) is 0. The summed E-state index contributed by atoms with van der Waals surface area (Å²) in [5, 5.41) is 0. The zero-order valence-corrected chi connectivity index (χ0v) is 1.95. The summed E-state index contributed by atoms with van der Waals surface area (Å²) < 4.78 is 0. The first kappa shape index (κ1) is 1210. The van der Waals surface area contributed by atoms with Crippen LogP contribution in [0.3, 0.4) is 0 Å². The van der Waals surface area contributed by atoms with Crippen molar-refractivity contribution in [2.75, 3.05) is 0 Å². The molecular weight excluding hydrogens is 64.0 g/mol. The summed E-state index contributed by atoms with van der Waals surface area (Å²) in [7, 11) is 0. The fourth-order valence-electron chi connectivity index (χ4n) is 0.